The predicted octanol–water partition coefficient (Wildman–Crippen LogP) is -0.899. The SMILES string of the molecule is C[NH+]1CCc2nc(SCC(N)=O)c(C#N)cc2C1. The van der Waals surface area contributed by atoms with Gasteiger partial charge in [0.05, 0.1) is 30.6 Å². The maximum absolute atomic E-state index is 10.8. The molecule has 3 N–H and O–H groups in total. The molecule has 5 nitrogen and oxygen atoms in total. The van der Waals surface area contributed by atoms with Crippen molar-refractivity contribution in [1.82, 2.24) is 4.98 Å². The quantitative estimate of drug-likeness (QED) is 0.692. The third kappa shape index (κ3) is 2.81. The number of primary amides is 1. The fourth-order valence-corrected chi connectivity index (χ4v) is 2.73. The highest BCUT2D eigenvalue weighted by molar-refractivity contribution is 7.99. The molecule has 0 radical (unpaired) electrons. The van der Waals surface area contributed by atoms with E-state index in [0.717, 1.165) is 30.8 Å². The van der Waals surface area contributed by atoms with Gasteiger partial charge in [0.25, 0.3) is 0 Å². The standard InChI is InChI=1S/C12H14N4OS/c1-16-3-2-10-9(6-16)4-8(5-13)12(15-10)18-7-11(14)17/h4H,2-3,6-7H2,1H3,(H2,14,17)/p+1. The molecule has 94 valence electrons. The number of carbonyl (C=O) groups excluding carboxylic acids is 1. The molecule has 1 aromatic rings. The van der Waals surface area contributed by atoms with E-state index in [4.69, 9.17) is 11.0 Å². The second kappa shape index (κ2) is 5.38. The number of thioether (sulfide) groups is 1. The van der Waals surface area contributed by atoms with Crippen LogP contribution in [0.2, 0.25) is 0 Å². The second-order valence-corrected chi connectivity index (χ2v) is 5.41. The van der Waals surface area contributed by atoms with Gasteiger partial charge in [-0.2, -0.15) is 5.26 Å². The van der Waals surface area contributed by atoms with E-state index in [2.05, 4.69) is 18.1 Å². The zero-order valence-electron chi connectivity index (χ0n) is 10.2. The molecule has 0 aromatic carbocycles. The van der Waals surface area contributed by atoms with E-state index in [9.17, 15) is 4.79 Å². The first-order valence-corrected chi connectivity index (χ1v) is 6.74. The maximum atomic E-state index is 10.8. The summed E-state index contributed by atoms with van der Waals surface area (Å²) in [6, 6.07) is 4.04. The lowest BCUT2D eigenvalue weighted by atomic mass is 10.0. The van der Waals surface area contributed by atoms with Crippen LogP contribution in [-0.4, -0.2) is 30.2 Å². The van der Waals surface area contributed by atoms with Crippen molar-refractivity contribution in [3.05, 3.63) is 22.9 Å². The summed E-state index contributed by atoms with van der Waals surface area (Å²) in [7, 11) is 2.13. The van der Waals surface area contributed by atoms with Crippen LogP contribution in [0.15, 0.2) is 11.1 Å². The number of nitrogens with two attached hydrogens (primary N) is 1. The summed E-state index contributed by atoms with van der Waals surface area (Å²) in [5.74, 6) is -0.237. The first-order valence-electron chi connectivity index (χ1n) is 5.75. The van der Waals surface area contributed by atoms with Gasteiger partial charge in [-0.05, 0) is 6.07 Å². The van der Waals surface area contributed by atoms with Crippen molar-refractivity contribution < 1.29 is 9.69 Å². The fourth-order valence-electron chi connectivity index (χ4n) is 2.02. The second-order valence-electron chi connectivity index (χ2n) is 4.45. The van der Waals surface area contributed by atoms with Gasteiger partial charge in [-0.25, -0.2) is 4.98 Å². The Balaban J connectivity index is 2.30. The molecule has 1 aliphatic heterocycles. The predicted molar refractivity (Wildman–Crippen MR) is 68.0 cm³/mol. The van der Waals surface area contributed by atoms with Crippen molar-refractivity contribution in [3.63, 3.8) is 0 Å². The molecular formula is C12H15N4OS+. The minimum absolute atomic E-state index is 0.158. The number of fused-ring (bicyclic) bond motifs is 1. The Hall–Kier alpha value is -1.58. The average Bonchev–Trinajstić information content (AvgIpc) is 2.35. The van der Waals surface area contributed by atoms with Crippen LogP contribution in [0.1, 0.15) is 16.8 Å². The Kier molecular flexibility index (Phi) is 3.84. The number of nitrogens with zero attached hydrogens (tertiary/aromatic N) is 2. The Morgan fingerprint density at radius 1 is 1.72 bits per heavy atom. The van der Waals surface area contributed by atoms with E-state index in [1.54, 1.807) is 0 Å². The molecule has 0 fully saturated rings. The van der Waals surface area contributed by atoms with E-state index < -0.39 is 5.91 Å². The number of nitriles is 1. The largest absolute Gasteiger partial charge is 0.369 e. The highest BCUT2D eigenvalue weighted by Crippen LogP contribution is 2.23. The number of nitrogens with one attached hydrogen (secondary N) is 1. The number of aromatic nitrogens is 1. The van der Waals surface area contributed by atoms with Crippen LogP contribution in [0.25, 0.3) is 0 Å². The monoisotopic (exact) mass is 263 g/mol. The van der Waals surface area contributed by atoms with Gasteiger partial charge in [0.2, 0.25) is 5.91 Å². The molecule has 1 unspecified atom stereocenters. The van der Waals surface area contributed by atoms with Crippen molar-refractivity contribution in [2.45, 2.75) is 18.0 Å². The average molecular weight is 263 g/mol. The molecule has 1 aliphatic rings. The normalized spacial score (nSPS) is 17.9. The highest BCUT2D eigenvalue weighted by atomic mass is 32.2. The summed E-state index contributed by atoms with van der Waals surface area (Å²) in [6.07, 6.45) is 0.914. The van der Waals surface area contributed by atoms with E-state index in [-0.39, 0.29) is 5.75 Å². The fraction of sp³-hybridized carbons (Fsp3) is 0.417. The van der Waals surface area contributed by atoms with E-state index in [1.807, 2.05) is 6.07 Å². The lowest BCUT2D eigenvalue weighted by Gasteiger charge is -2.22. The third-order valence-corrected chi connectivity index (χ3v) is 3.92. The lowest BCUT2D eigenvalue weighted by molar-refractivity contribution is -0.895. The number of quaternary nitrogens is 1. The van der Waals surface area contributed by atoms with Crippen molar-refractivity contribution in [2.24, 2.45) is 5.73 Å². The van der Waals surface area contributed by atoms with E-state index >= 15 is 0 Å². The van der Waals surface area contributed by atoms with E-state index in [0.29, 0.717) is 10.6 Å². The van der Waals surface area contributed by atoms with Crippen molar-refractivity contribution in [2.75, 3.05) is 19.3 Å². The Morgan fingerprint density at radius 2 is 2.50 bits per heavy atom. The third-order valence-electron chi connectivity index (χ3n) is 2.91. The molecule has 0 spiro atoms. The van der Waals surface area contributed by atoms with Gasteiger partial charge in [0, 0.05) is 12.0 Å². The zero-order valence-corrected chi connectivity index (χ0v) is 11.0. The molecule has 1 aromatic heterocycles. The molecule has 0 aliphatic carbocycles. The Labute approximate surface area is 110 Å². The van der Waals surface area contributed by atoms with Gasteiger partial charge in [-0.3, -0.25) is 4.79 Å². The van der Waals surface area contributed by atoms with Gasteiger partial charge < -0.3 is 10.6 Å². The minimum Gasteiger partial charge on any atom is -0.369 e. The number of carbonyl (C=O) groups is 1. The molecule has 6 heteroatoms. The summed E-state index contributed by atoms with van der Waals surface area (Å²) in [5, 5.41) is 9.74. The lowest BCUT2D eigenvalue weighted by Crippen LogP contribution is -3.08. The maximum Gasteiger partial charge on any atom is 0.227 e. The molecular weight excluding hydrogens is 248 g/mol. The Bertz CT molecular complexity index is 524. The number of likely N-dealkylation sites (N-methyl/N-ethyl adjacent to an activating group) is 1. The van der Waals surface area contributed by atoms with Crippen LogP contribution < -0.4 is 10.6 Å². The Morgan fingerprint density at radius 3 is 3.17 bits per heavy atom. The smallest absolute Gasteiger partial charge is 0.227 e. The van der Waals surface area contributed by atoms with Gasteiger partial charge in [0.1, 0.15) is 17.6 Å². The van der Waals surface area contributed by atoms with E-state index in [1.165, 1.54) is 16.7 Å². The zero-order chi connectivity index (χ0) is 13.1. The topological polar surface area (TPSA) is 84.2 Å². The molecule has 2 rings (SSSR count). The molecule has 0 bridgehead atoms. The number of hydrogen-bond donors (Lipinski definition) is 2. The number of amides is 1. The van der Waals surface area contributed by atoms with Crippen LogP contribution in [0.4, 0.5) is 0 Å². The minimum atomic E-state index is -0.396. The van der Waals surface area contributed by atoms with Gasteiger partial charge in [0.15, 0.2) is 0 Å². The highest BCUT2D eigenvalue weighted by Gasteiger charge is 2.20. The molecule has 0 saturated carbocycles. The first-order chi connectivity index (χ1) is 8.60. The van der Waals surface area contributed by atoms with Gasteiger partial charge in [-0.15, -0.1) is 0 Å². The molecule has 1 amide bonds. The van der Waals surface area contributed by atoms with Crippen LogP contribution in [0, 0.1) is 11.3 Å². The molecule has 0 saturated heterocycles. The van der Waals surface area contributed by atoms with Crippen LogP contribution in [0.5, 0.6) is 0 Å². The summed E-state index contributed by atoms with van der Waals surface area (Å²) >= 11 is 1.24. The van der Waals surface area contributed by atoms with Crippen molar-refractivity contribution >= 4 is 17.7 Å². The summed E-state index contributed by atoms with van der Waals surface area (Å²) in [6.45, 7) is 1.95. The van der Waals surface area contributed by atoms with Crippen LogP contribution in [0.3, 0.4) is 0 Å². The first kappa shape index (κ1) is 12.9. The van der Waals surface area contributed by atoms with Gasteiger partial charge >= 0.3 is 0 Å². The van der Waals surface area contributed by atoms with Crippen LogP contribution in [-0.2, 0) is 17.8 Å². The molecule has 2 heterocycles. The number of hydrogen-bond acceptors (Lipinski definition) is 4. The summed E-state index contributed by atoms with van der Waals surface area (Å²) in [4.78, 5) is 16.7. The number of pyridine rings is 1. The number of rotatable bonds is 3. The van der Waals surface area contributed by atoms with Crippen molar-refractivity contribution in [1.29, 1.82) is 5.26 Å². The molecule has 18 heavy (non-hydrogen) atoms. The van der Waals surface area contributed by atoms with Crippen LogP contribution >= 0.6 is 11.8 Å². The summed E-state index contributed by atoms with van der Waals surface area (Å²) < 4.78 is 0. The van der Waals surface area contributed by atoms with Crippen molar-refractivity contribution in [3.8, 4) is 6.07 Å². The van der Waals surface area contributed by atoms with Gasteiger partial charge in [-0.1, -0.05) is 11.8 Å². The summed E-state index contributed by atoms with van der Waals surface area (Å²) in [5.41, 5.74) is 7.84. The molecule has 1 atom stereocenters.